The minimum atomic E-state index is 0. The van der Waals surface area contributed by atoms with E-state index in [0.717, 1.165) is 53.4 Å². The van der Waals surface area contributed by atoms with E-state index in [2.05, 4.69) is 39.1 Å². The fourth-order valence-corrected chi connectivity index (χ4v) is 5.35. The van der Waals surface area contributed by atoms with Crippen molar-refractivity contribution < 1.29 is 0 Å². The van der Waals surface area contributed by atoms with Gasteiger partial charge in [-0.25, -0.2) is 9.97 Å². The Hall–Kier alpha value is -0.500. The van der Waals surface area contributed by atoms with Gasteiger partial charge in [-0.15, -0.1) is 49.0 Å². The second kappa shape index (κ2) is 14.6. The van der Waals surface area contributed by atoms with Gasteiger partial charge in [-0.05, 0) is 57.0 Å². The van der Waals surface area contributed by atoms with Gasteiger partial charge < -0.3 is 10.6 Å². The minimum Gasteiger partial charge on any atom is -0.315 e. The predicted octanol–water partition coefficient (Wildman–Crippen LogP) is 5.67. The van der Waals surface area contributed by atoms with Gasteiger partial charge in [0.25, 0.3) is 0 Å². The first-order chi connectivity index (χ1) is 13.8. The highest BCUT2D eigenvalue weighted by Gasteiger charge is 2.15. The molecule has 31 heavy (non-hydrogen) atoms. The zero-order valence-electron chi connectivity index (χ0n) is 18.3. The highest BCUT2D eigenvalue weighted by molar-refractivity contribution is 7.99. The SMILES string of the molecule is Cc1nc2cccc3nc(SCCCCCNCCNC4CCCCC4)c1n23.Cl.Cl.Cl. The lowest BCUT2D eigenvalue weighted by Gasteiger charge is -2.22. The van der Waals surface area contributed by atoms with Crippen molar-refractivity contribution in [2.24, 2.45) is 0 Å². The Morgan fingerprint density at radius 2 is 1.68 bits per heavy atom. The fraction of sp³-hybridized carbons (Fsp3) is 0.636. The molecular weight excluding hydrogens is 473 g/mol. The Morgan fingerprint density at radius 3 is 2.45 bits per heavy atom. The number of hydrogen-bond acceptors (Lipinski definition) is 5. The molecule has 0 saturated heterocycles. The van der Waals surface area contributed by atoms with E-state index < -0.39 is 0 Å². The van der Waals surface area contributed by atoms with Gasteiger partial charge in [-0.3, -0.25) is 4.40 Å². The Bertz CT molecular complexity index is 869. The maximum absolute atomic E-state index is 4.81. The summed E-state index contributed by atoms with van der Waals surface area (Å²) in [5.74, 6) is 1.13. The normalized spacial score (nSPS) is 14.4. The third kappa shape index (κ3) is 7.51. The van der Waals surface area contributed by atoms with E-state index in [1.165, 1.54) is 56.9 Å². The van der Waals surface area contributed by atoms with Crippen LogP contribution >= 0.6 is 49.0 Å². The third-order valence-electron chi connectivity index (χ3n) is 5.79. The van der Waals surface area contributed by atoms with Crippen LogP contribution in [-0.2, 0) is 0 Å². The van der Waals surface area contributed by atoms with Crippen LogP contribution in [0, 0.1) is 6.92 Å². The number of thioether (sulfide) groups is 1. The van der Waals surface area contributed by atoms with Crippen LogP contribution in [0.15, 0.2) is 23.2 Å². The fourth-order valence-electron chi connectivity index (χ4n) is 4.28. The number of rotatable bonds is 11. The monoisotopic (exact) mass is 507 g/mol. The quantitative estimate of drug-likeness (QED) is 0.258. The molecule has 4 rings (SSSR count). The zero-order chi connectivity index (χ0) is 19.2. The second-order valence-corrected chi connectivity index (χ2v) is 9.07. The first kappa shape index (κ1) is 28.5. The van der Waals surface area contributed by atoms with E-state index in [9.17, 15) is 0 Å². The second-order valence-electron chi connectivity index (χ2n) is 7.99. The van der Waals surface area contributed by atoms with E-state index in [0.29, 0.717) is 0 Å². The topological polar surface area (TPSA) is 54.2 Å². The minimum absolute atomic E-state index is 0. The number of pyridine rings is 1. The van der Waals surface area contributed by atoms with Gasteiger partial charge in [0.2, 0.25) is 0 Å². The standard InChI is InChI=1S/C22H33N5S.3ClH/c1-17-21-22(26-20-12-8-11-19(25-17)27(20)21)28-16-7-3-6-13-23-14-15-24-18-9-4-2-5-10-18;;;/h8,11-12,18,23-24H,2-7,9-10,13-16H2,1H3;3*1H. The first-order valence-corrected chi connectivity index (χ1v) is 12.0. The Morgan fingerprint density at radius 1 is 0.935 bits per heavy atom. The van der Waals surface area contributed by atoms with E-state index >= 15 is 0 Å². The maximum atomic E-state index is 4.81. The van der Waals surface area contributed by atoms with Gasteiger partial charge >= 0.3 is 0 Å². The number of nitrogens with one attached hydrogen (secondary N) is 2. The Labute approximate surface area is 208 Å². The van der Waals surface area contributed by atoms with Crippen LogP contribution in [0.4, 0.5) is 0 Å². The van der Waals surface area contributed by atoms with Crippen LogP contribution < -0.4 is 10.6 Å². The molecule has 3 heterocycles. The number of halogens is 3. The molecular formula is C22H36Cl3N5S. The summed E-state index contributed by atoms with van der Waals surface area (Å²) in [7, 11) is 0. The molecule has 0 bridgehead atoms. The van der Waals surface area contributed by atoms with E-state index in [1.54, 1.807) is 0 Å². The van der Waals surface area contributed by atoms with Crippen LogP contribution in [0.2, 0.25) is 0 Å². The molecule has 3 aromatic rings. The van der Waals surface area contributed by atoms with Crippen LogP contribution in [0.1, 0.15) is 57.1 Å². The van der Waals surface area contributed by atoms with Crippen molar-refractivity contribution in [3.8, 4) is 0 Å². The Balaban J connectivity index is 0.00000160. The molecule has 0 unspecified atom stereocenters. The van der Waals surface area contributed by atoms with E-state index in [-0.39, 0.29) is 37.2 Å². The number of unbranched alkanes of at least 4 members (excludes halogenated alkanes) is 2. The summed E-state index contributed by atoms with van der Waals surface area (Å²) in [5.41, 5.74) is 4.31. The van der Waals surface area contributed by atoms with Crippen molar-refractivity contribution in [3.05, 3.63) is 23.9 Å². The van der Waals surface area contributed by atoms with Crippen molar-refractivity contribution in [2.75, 3.05) is 25.4 Å². The summed E-state index contributed by atoms with van der Waals surface area (Å²) in [5, 5.41) is 8.41. The van der Waals surface area contributed by atoms with Crippen molar-refractivity contribution in [3.63, 3.8) is 0 Å². The molecule has 2 N–H and O–H groups in total. The molecule has 0 amide bonds. The van der Waals surface area contributed by atoms with Crippen LogP contribution in [0.5, 0.6) is 0 Å². The van der Waals surface area contributed by atoms with E-state index in [1.807, 2.05) is 17.8 Å². The van der Waals surface area contributed by atoms with Gasteiger partial charge in [-0.1, -0.05) is 31.7 Å². The highest BCUT2D eigenvalue weighted by Crippen LogP contribution is 2.30. The molecule has 0 aromatic carbocycles. The molecule has 1 saturated carbocycles. The molecule has 176 valence electrons. The molecule has 1 fully saturated rings. The van der Waals surface area contributed by atoms with Gasteiger partial charge in [-0.2, -0.15) is 0 Å². The summed E-state index contributed by atoms with van der Waals surface area (Å²) in [6.07, 6.45) is 10.8. The number of hydrogen-bond donors (Lipinski definition) is 2. The number of nitrogens with zero attached hydrogens (tertiary/aromatic N) is 3. The van der Waals surface area contributed by atoms with Gasteiger partial charge in [0.1, 0.15) is 21.8 Å². The molecule has 3 aromatic heterocycles. The van der Waals surface area contributed by atoms with Crippen LogP contribution in [0.3, 0.4) is 0 Å². The van der Waals surface area contributed by atoms with E-state index in [4.69, 9.17) is 4.98 Å². The maximum Gasteiger partial charge on any atom is 0.140 e. The number of aryl methyl sites for hydroxylation is 1. The molecule has 9 heteroatoms. The van der Waals surface area contributed by atoms with Crippen molar-refractivity contribution in [1.29, 1.82) is 0 Å². The van der Waals surface area contributed by atoms with Crippen LogP contribution in [-0.4, -0.2) is 45.8 Å². The summed E-state index contributed by atoms with van der Waals surface area (Å²) < 4.78 is 2.18. The van der Waals surface area contributed by atoms with Crippen molar-refractivity contribution in [2.45, 2.75) is 69.4 Å². The number of imidazole rings is 2. The molecule has 0 spiro atoms. The molecule has 1 aliphatic carbocycles. The largest absolute Gasteiger partial charge is 0.315 e. The van der Waals surface area contributed by atoms with Crippen molar-refractivity contribution >= 4 is 65.8 Å². The highest BCUT2D eigenvalue weighted by atomic mass is 35.5. The molecule has 0 radical (unpaired) electrons. The summed E-state index contributed by atoms with van der Waals surface area (Å²) >= 11 is 1.88. The first-order valence-electron chi connectivity index (χ1n) is 11.0. The average Bonchev–Trinajstić information content (AvgIpc) is 3.26. The summed E-state index contributed by atoms with van der Waals surface area (Å²) in [6, 6.07) is 6.94. The average molecular weight is 509 g/mol. The molecule has 5 nitrogen and oxygen atoms in total. The van der Waals surface area contributed by atoms with Crippen molar-refractivity contribution in [1.82, 2.24) is 25.0 Å². The van der Waals surface area contributed by atoms with Gasteiger partial charge in [0, 0.05) is 19.1 Å². The third-order valence-corrected chi connectivity index (χ3v) is 6.84. The van der Waals surface area contributed by atoms with Gasteiger partial charge in [0.05, 0.1) is 5.69 Å². The smallest absolute Gasteiger partial charge is 0.140 e. The zero-order valence-corrected chi connectivity index (χ0v) is 21.5. The lowest BCUT2D eigenvalue weighted by atomic mass is 9.95. The lowest BCUT2D eigenvalue weighted by molar-refractivity contribution is 0.372. The molecule has 1 aliphatic rings. The van der Waals surface area contributed by atoms with Gasteiger partial charge in [0.15, 0.2) is 0 Å². The molecule has 0 aliphatic heterocycles. The summed E-state index contributed by atoms with van der Waals surface area (Å²) in [6.45, 7) is 5.42. The molecule has 0 atom stereocenters. The summed E-state index contributed by atoms with van der Waals surface area (Å²) in [4.78, 5) is 9.46. The lowest BCUT2D eigenvalue weighted by Crippen LogP contribution is -2.36. The number of aromatic nitrogens is 3. The Kier molecular flexibility index (Phi) is 13.4. The predicted molar refractivity (Wildman–Crippen MR) is 140 cm³/mol. The van der Waals surface area contributed by atoms with Crippen LogP contribution in [0.25, 0.3) is 16.8 Å².